The van der Waals surface area contributed by atoms with Gasteiger partial charge in [-0.3, -0.25) is 4.99 Å². The third-order valence-electron chi connectivity index (χ3n) is 4.28. The first-order chi connectivity index (χ1) is 13.5. The number of hydrogen-bond acceptors (Lipinski definition) is 6. The van der Waals surface area contributed by atoms with E-state index in [0.29, 0.717) is 5.56 Å². The number of phenols is 1. The van der Waals surface area contributed by atoms with Gasteiger partial charge < -0.3 is 14.4 Å². The van der Waals surface area contributed by atoms with Crippen molar-refractivity contribution in [1.29, 1.82) is 0 Å². The second-order valence-corrected chi connectivity index (χ2v) is 7.41. The van der Waals surface area contributed by atoms with Crippen LogP contribution in [0.4, 0.5) is 5.69 Å². The zero-order valence-corrected chi connectivity index (χ0v) is 17.5. The maximum atomic E-state index is 10.5. The molecule has 0 aliphatic carbocycles. The molecule has 0 saturated carbocycles. The molecule has 0 aliphatic heterocycles. The van der Waals surface area contributed by atoms with Crippen LogP contribution >= 0.6 is 11.3 Å². The smallest absolute Gasteiger partial charge is 0.206 e. The van der Waals surface area contributed by atoms with Gasteiger partial charge in [-0.05, 0) is 52.0 Å². The minimum absolute atomic E-state index is 0.145. The van der Waals surface area contributed by atoms with Gasteiger partial charge in [0.15, 0.2) is 5.76 Å². The van der Waals surface area contributed by atoms with Gasteiger partial charge in [-0.1, -0.05) is 0 Å². The standard InChI is InChI=1S/C21H26N4O2S/c1-5-24(6-2)17-10-9-16(19(26)12-17)13-22-25-18(20-8-7-11-27-20)14-28-21(25)23-15(3)4/h7-15,26H,5-6H2,1-4H3. The minimum Gasteiger partial charge on any atom is -0.507 e. The van der Waals surface area contributed by atoms with Crippen molar-refractivity contribution in [2.45, 2.75) is 33.7 Å². The first-order valence-corrected chi connectivity index (χ1v) is 10.3. The number of nitrogens with zero attached hydrogens (tertiary/aromatic N) is 4. The molecule has 2 heterocycles. The van der Waals surface area contributed by atoms with E-state index in [1.165, 1.54) is 11.3 Å². The highest BCUT2D eigenvalue weighted by Crippen LogP contribution is 2.24. The highest BCUT2D eigenvalue weighted by molar-refractivity contribution is 7.07. The average Bonchev–Trinajstić information content (AvgIpc) is 3.31. The van der Waals surface area contributed by atoms with Crippen molar-refractivity contribution in [3.05, 3.63) is 52.3 Å². The van der Waals surface area contributed by atoms with Crippen molar-refractivity contribution in [1.82, 2.24) is 4.68 Å². The minimum atomic E-state index is 0.145. The van der Waals surface area contributed by atoms with E-state index in [-0.39, 0.29) is 11.8 Å². The molecule has 0 radical (unpaired) electrons. The molecule has 1 N–H and O–H groups in total. The summed E-state index contributed by atoms with van der Waals surface area (Å²) in [5, 5.41) is 17.0. The average molecular weight is 399 g/mol. The van der Waals surface area contributed by atoms with E-state index < -0.39 is 0 Å². The molecule has 148 valence electrons. The molecule has 0 fully saturated rings. The quantitative estimate of drug-likeness (QED) is 0.594. The molecule has 0 bridgehead atoms. The Balaban J connectivity index is 1.99. The molecule has 7 heteroatoms. The highest BCUT2D eigenvalue weighted by Gasteiger charge is 2.11. The lowest BCUT2D eigenvalue weighted by Crippen LogP contribution is -2.21. The van der Waals surface area contributed by atoms with E-state index in [2.05, 4.69) is 28.8 Å². The molecule has 3 aromatic rings. The zero-order chi connectivity index (χ0) is 20.1. The summed E-state index contributed by atoms with van der Waals surface area (Å²) in [5.74, 6) is 0.922. The fraction of sp³-hybridized carbons (Fsp3) is 0.333. The summed E-state index contributed by atoms with van der Waals surface area (Å²) in [5.41, 5.74) is 2.47. The van der Waals surface area contributed by atoms with Crippen LogP contribution in [0.1, 0.15) is 33.3 Å². The molecule has 3 rings (SSSR count). The monoisotopic (exact) mass is 398 g/mol. The van der Waals surface area contributed by atoms with Crippen LogP contribution in [-0.2, 0) is 0 Å². The van der Waals surface area contributed by atoms with E-state index in [4.69, 9.17) is 4.42 Å². The summed E-state index contributed by atoms with van der Waals surface area (Å²) in [6, 6.07) is 9.54. The summed E-state index contributed by atoms with van der Waals surface area (Å²) in [6.45, 7) is 10.0. The second kappa shape index (κ2) is 8.93. The van der Waals surface area contributed by atoms with Crippen molar-refractivity contribution in [2.24, 2.45) is 10.1 Å². The van der Waals surface area contributed by atoms with Crippen molar-refractivity contribution in [3.8, 4) is 17.2 Å². The molecule has 1 aromatic carbocycles. The van der Waals surface area contributed by atoms with Crippen molar-refractivity contribution >= 4 is 23.2 Å². The molecule has 0 spiro atoms. The summed E-state index contributed by atoms with van der Waals surface area (Å²) in [4.78, 5) is 7.60. The Morgan fingerprint density at radius 1 is 1.25 bits per heavy atom. The maximum absolute atomic E-state index is 10.5. The lowest BCUT2D eigenvalue weighted by molar-refractivity contribution is 0.474. The third-order valence-corrected chi connectivity index (χ3v) is 5.11. The van der Waals surface area contributed by atoms with E-state index in [0.717, 1.165) is 35.0 Å². The Bertz CT molecular complexity index is 996. The van der Waals surface area contributed by atoms with Gasteiger partial charge >= 0.3 is 0 Å². The summed E-state index contributed by atoms with van der Waals surface area (Å²) < 4.78 is 7.29. The Morgan fingerprint density at radius 2 is 2.04 bits per heavy atom. The number of aromatic hydroxyl groups is 1. The molecular weight excluding hydrogens is 372 g/mol. The van der Waals surface area contributed by atoms with Crippen LogP contribution in [0.5, 0.6) is 5.75 Å². The van der Waals surface area contributed by atoms with Crippen LogP contribution in [0, 0.1) is 0 Å². The van der Waals surface area contributed by atoms with E-state index in [9.17, 15) is 5.11 Å². The predicted molar refractivity (Wildman–Crippen MR) is 115 cm³/mol. The summed E-state index contributed by atoms with van der Waals surface area (Å²) >= 11 is 1.51. The van der Waals surface area contributed by atoms with Crippen LogP contribution in [-0.4, -0.2) is 35.1 Å². The topological polar surface area (TPSA) is 66.3 Å². The molecule has 6 nitrogen and oxygen atoms in total. The Kier molecular flexibility index (Phi) is 6.36. The number of hydrogen-bond donors (Lipinski definition) is 1. The van der Waals surface area contributed by atoms with Crippen molar-refractivity contribution < 1.29 is 9.52 Å². The van der Waals surface area contributed by atoms with E-state index >= 15 is 0 Å². The van der Waals surface area contributed by atoms with Crippen LogP contribution in [0.3, 0.4) is 0 Å². The lowest BCUT2D eigenvalue weighted by Gasteiger charge is -2.21. The fourth-order valence-electron chi connectivity index (χ4n) is 2.86. The normalized spacial score (nSPS) is 12.4. The van der Waals surface area contributed by atoms with Crippen LogP contribution in [0.25, 0.3) is 11.5 Å². The van der Waals surface area contributed by atoms with Crippen LogP contribution < -0.4 is 9.70 Å². The first-order valence-electron chi connectivity index (χ1n) is 9.44. The number of benzene rings is 1. The number of aromatic nitrogens is 1. The van der Waals surface area contributed by atoms with Gasteiger partial charge in [-0.25, -0.2) is 4.68 Å². The van der Waals surface area contributed by atoms with Gasteiger partial charge in [0.25, 0.3) is 0 Å². The number of rotatable bonds is 7. The molecule has 0 amide bonds. The number of anilines is 1. The van der Waals surface area contributed by atoms with Gasteiger partial charge in [0, 0.05) is 41.8 Å². The van der Waals surface area contributed by atoms with Crippen LogP contribution in [0.2, 0.25) is 0 Å². The number of furan rings is 1. The Hall–Kier alpha value is -2.80. The lowest BCUT2D eigenvalue weighted by atomic mass is 10.2. The van der Waals surface area contributed by atoms with Gasteiger partial charge in [0.05, 0.1) is 12.5 Å². The molecule has 0 aliphatic rings. The van der Waals surface area contributed by atoms with Crippen molar-refractivity contribution in [3.63, 3.8) is 0 Å². The Labute approximate surface area is 169 Å². The van der Waals surface area contributed by atoms with Gasteiger partial charge in [0.2, 0.25) is 4.80 Å². The molecule has 2 aromatic heterocycles. The van der Waals surface area contributed by atoms with Crippen molar-refractivity contribution in [2.75, 3.05) is 18.0 Å². The van der Waals surface area contributed by atoms with Crippen LogP contribution in [0.15, 0.2) is 56.5 Å². The van der Waals surface area contributed by atoms with E-state index in [1.54, 1.807) is 23.2 Å². The van der Waals surface area contributed by atoms with Gasteiger partial charge in [0.1, 0.15) is 11.4 Å². The third kappa shape index (κ3) is 4.36. The summed E-state index contributed by atoms with van der Waals surface area (Å²) in [6.07, 6.45) is 3.29. The molecule has 28 heavy (non-hydrogen) atoms. The molecule has 0 saturated heterocycles. The number of thiazole rings is 1. The van der Waals surface area contributed by atoms with E-state index in [1.807, 2.05) is 43.5 Å². The second-order valence-electron chi connectivity index (χ2n) is 6.58. The molecular formula is C21H26N4O2S. The van der Waals surface area contributed by atoms with Gasteiger partial charge in [-0.2, -0.15) is 5.10 Å². The summed E-state index contributed by atoms with van der Waals surface area (Å²) in [7, 11) is 0. The predicted octanol–water partition coefficient (Wildman–Crippen LogP) is 4.55. The molecule has 0 unspecified atom stereocenters. The Morgan fingerprint density at radius 3 is 2.64 bits per heavy atom. The maximum Gasteiger partial charge on any atom is 0.206 e. The number of phenolic OH excluding ortho intramolecular Hbond substituents is 1. The zero-order valence-electron chi connectivity index (χ0n) is 16.7. The van der Waals surface area contributed by atoms with Gasteiger partial charge in [-0.15, -0.1) is 11.3 Å². The fourth-order valence-corrected chi connectivity index (χ4v) is 3.81. The highest BCUT2D eigenvalue weighted by atomic mass is 32.1. The first kappa shape index (κ1) is 19.9. The molecule has 0 atom stereocenters. The SMILES string of the molecule is CCN(CC)c1ccc(C=Nn2c(-c3ccco3)csc2=NC(C)C)c(O)c1. The largest absolute Gasteiger partial charge is 0.507 e.